The van der Waals surface area contributed by atoms with Crippen LogP contribution in [0.1, 0.15) is 35.4 Å². The lowest BCUT2D eigenvalue weighted by atomic mass is 9.72. The normalized spacial score (nSPS) is 22.4. The molecule has 2 atom stereocenters. The van der Waals surface area contributed by atoms with E-state index in [2.05, 4.69) is 47.4 Å². The van der Waals surface area contributed by atoms with Crippen molar-refractivity contribution in [3.63, 3.8) is 0 Å². The van der Waals surface area contributed by atoms with Gasteiger partial charge in [0.05, 0.1) is 31.8 Å². The number of aliphatic imine (C=N–C) groups is 1. The molecular formula is C28H27N3O3. The van der Waals surface area contributed by atoms with Crippen molar-refractivity contribution in [3.05, 3.63) is 83.4 Å². The standard InChI is InChI=1S/C28H27N3O3/c1-33-20-12-11-19(26(15-20)34-2)17-30-14-13-28-22-8-4-5-9-24(22)29-18-31(28)25-10-6-3-7-21(25)23(28)16-27(30)32/h3-12,15,18,23H,13-14,16-17H2,1-2H3/t23-,28+/m1/s1. The molecule has 3 heterocycles. The molecule has 1 fully saturated rings. The highest BCUT2D eigenvalue weighted by Gasteiger charge is 2.56. The van der Waals surface area contributed by atoms with Crippen molar-refractivity contribution in [2.24, 2.45) is 4.99 Å². The monoisotopic (exact) mass is 453 g/mol. The van der Waals surface area contributed by atoms with Crippen molar-refractivity contribution in [2.45, 2.75) is 30.8 Å². The van der Waals surface area contributed by atoms with E-state index in [9.17, 15) is 4.79 Å². The number of likely N-dealkylation sites (tertiary alicyclic amines) is 1. The van der Waals surface area contributed by atoms with Gasteiger partial charge in [-0.2, -0.15) is 0 Å². The number of rotatable bonds is 4. The Morgan fingerprint density at radius 1 is 1.03 bits per heavy atom. The molecule has 6 heteroatoms. The van der Waals surface area contributed by atoms with E-state index >= 15 is 0 Å². The third-order valence-electron chi connectivity index (χ3n) is 7.61. The van der Waals surface area contributed by atoms with E-state index in [1.165, 1.54) is 11.1 Å². The van der Waals surface area contributed by atoms with Gasteiger partial charge >= 0.3 is 0 Å². The molecule has 3 aromatic rings. The maximum absolute atomic E-state index is 13.7. The van der Waals surface area contributed by atoms with Gasteiger partial charge in [0.1, 0.15) is 11.5 Å². The lowest BCUT2D eigenvalue weighted by Gasteiger charge is -2.44. The van der Waals surface area contributed by atoms with Crippen LogP contribution in [0.15, 0.2) is 71.7 Å². The lowest BCUT2D eigenvalue weighted by molar-refractivity contribution is -0.131. The van der Waals surface area contributed by atoms with Crippen molar-refractivity contribution in [2.75, 3.05) is 25.7 Å². The minimum Gasteiger partial charge on any atom is -0.497 e. The maximum atomic E-state index is 13.7. The molecule has 6 rings (SSSR count). The van der Waals surface area contributed by atoms with Gasteiger partial charge in [0.25, 0.3) is 0 Å². The number of nitrogens with zero attached hydrogens (tertiary/aromatic N) is 3. The first-order valence-corrected chi connectivity index (χ1v) is 11.7. The number of fused-ring (bicyclic) bond motifs is 4. The van der Waals surface area contributed by atoms with Crippen LogP contribution in [0.2, 0.25) is 0 Å². The van der Waals surface area contributed by atoms with Crippen molar-refractivity contribution in [1.29, 1.82) is 0 Å². The summed E-state index contributed by atoms with van der Waals surface area (Å²) < 4.78 is 10.9. The molecule has 0 bridgehead atoms. The van der Waals surface area contributed by atoms with Crippen LogP contribution >= 0.6 is 0 Å². The summed E-state index contributed by atoms with van der Waals surface area (Å²) >= 11 is 0. The van der Waals surface area contributed by atoms with Gasteiger partial charge in [-0.1, -0.05) is 36.4 Å². The highest BCUT2D eigenvalue weighted by Crippen LogP contribution is 2.59. The van der Waals surface area contributed by atoms with Gasteiger partial charge in [0.2, 0.25) is 5.91 Å². The van der Waals surface area contributed by atoms with E-state index in [1.807, 2.05) is 35.5 Å². The van der Waals surface area contributed by atoms with Gasteiger partial charge in [-0.3, -0.25) is 4.79 Å². The Morgan fingerprint density at radius 2 is 1.85 bits per heavy atom. The van der Waals surface area contributed by atoms with Crippen molar-refractivity contribution in [1.82, 2.24) is 4.90 Å². The van der Waals surface area contributed by atoms with Crippen LogP contribution in [-0.4, -0.2) is 37.9 Å². The quantitative estimate of drug-likeness (QED) is 0.558. The number of para-hydroxylation sites is 2. The summed E-state index contributed by atoms with van der Waals surface area (Å²) in [5.74, 6) is 1.70. The fourth-order valence-corrected chi connectivity index (χ4v) is 5.99. The number of anilines is 1. The number of methoxy groups -OCH3 is 2. The van der Waals surface area contributed by atoms with Crippen molar-refractivity contribution < 1.29 is 14.3 Å². The van der Waals surface area contributed by atoms with Gasteiger partial charge < -0.3 is 19.3 Å². The lowest BCUT2D eigenvalue weighted by Crippen LogP contribution is -2.47. The van der Waals surface area contributed by atoms with Gasteiger partial charge in [-0.05, 0) is 36.2 Å². The summed E-state index contributed by atoms with van der Waals surface area (Å²) in [7, 11) is 3.29. The van der Waals surface area contributed by atoms with Crippen LogP contribution in [-0.2, 0) is 16.9 Å². The van der Waals surface area contributed by atoms with Gasteiger partial charge in [-0.25, -0.2) is 4.99 Å². The molecule has 3 aliphatic rings. The predicted molar refractivity (Wildman–Crippen MR) is 132 cm³/mol. The van der Waals surface area contributed by atoms with E-state index in [-0.39, 0.29) is 17.4 Å². The fourth-order valence-electron chi connectivity index (χ4n) is 5.99. The number of carbonyl (C=O) groups excluding carboxylic acids is 1. The second kappa shape index (κ2) is 7.90. The minimum absolute atomic E-state index is 0.0619. The van der Waals surface area contributed by atoms with Crippen LogP contribution in [0.4, 0.5) is 11.4 Å². The number of hydrogen-bond donors (Lipinski definition) is 0. The Balaban J connectivity index is 1.41. The molecule has 34 heavy (non-hydrogen) atoms. The van der Waals surface area contributed by atoms with E-state index in [0.717, 1.165) is 34.9 Å². The average molecular weight is 454 g/mol. The van der Waals surface area contributed by atoms with E-state index in [1.54, 1.807) is 14.2 Å². The molecule has 172 valence electrons. The van der Waals surface area contributed by atoms with Crippen LogP contribution in [0.5, 0.6) is 11.5 Å². The highest BCUT2D eigenvalue weighted by atomic mass is 16.5. The predicted octanol–water partition coefficient (Wildman–Crippen LogP) is 5.00. The zero-order valence-corrected chi connectivity index (χ0v) is 19.4. The zero-order valence-electron chi connectivity index (χ0n) is 19.4. The second-order valence-electron chi connectivity index (χ2n) is 9.11. The van der Waals surface area contributed by atoms with Crippen LogP contribution in [0.3, 0.4) is 0 Å². The van der Waals surface area contributed by atoms with Crippen molar-refractivity contribution >= 4 is 23.6 Å². The molecule has 1 spiro atoms. The van der Waals surface area contributed by atoms with Gasteiger partial charge in [-0.15, -0.1) is 0 Å². The molecule has 6 nitrogen and oxygen atoms in total. The number of hydrogen-bond acceptors (Lipinski definition) is 5. The Kier molecular flexibility index (Phi) is 4.83. The number of amides is 1. The summed E-state index contributed by atoms with van der Waals surface area (Å²) in [6.45, 7) is 1.16. The van der Waals surface area contributed by atoms with Crippen LogP contribution in [0, 0.1) is 0 Å². The van der Waals surface area contributed by atoms with E-state index in [0.29, 0.717) is 19.5 Å². The Morgan fingerprint density at radius 3 is 2.71 bits per heavy atom. The zero-order chi connectivity index (χ0) is 23.3. The SMILES string of the molecule is COc1ccc(CN2CC[C@@]34c5ccccc5N=CN3c3ccccc3[C@H]4CC2=O)c(OC)c1. The third kappa shape index (κ3) is 2.94. The summed E-state index contributed by atoms with van der Waals surface area (Å²) in [6, 6.07) is 22.6. The molecule has 1 saturated heterocycles. The first-order valence-electron chi connectivity index (χ1n) is 11.7. The van der Waals surface area contributed by atoms with E-state index < -0.39 is 0 Å². The second-order valence-corrected chi connectivity index (χ2v) is 9.11. The minimum atomic E-state index is -0.323. The van der Waals surface area contributed by atoms with Crippen molar-refractivity contribution in [3.8, 4) is 11.5 Å². The molecule has 0 saturated carbocycles. The topological polar surface area (TPSA) is 54.4 Å². The molecule has 1 amide bonds. The van der Waals surface area contributed by atoms with Gasteiger partial charge in [0.15, 0.2) is 0 Å². The molecule has 0 aliphatic carbocycles. The number of ether oxygens (including phenoxy) is 2. The Hall–Kier alpha value is -3.80. The molecule has 0 radical (unpaired) electrons. The first kappa shape index (κ1) is 20.8. The number of carbonyl (C=O) groups is 1. The molecule has 3 aliphatic heterocycles. The Labute approximate surface area is 199 Å². The summed E-state index contributed by atoms with van der Waals surface area (Å²) in [5, 5.41) is 0. The third-order valence-corrected chi connectivity index (χ3v) is 7.61. The molecule has 3 aromatic carbocycles. The molecular weight excluding hydrogens is 426 g/mol. The highest BCUT2D eigenvalue weighted by molar-refractivity contribution is 5.93. The Bertz CT molecular complexity index is 1300. The molecule has 0 unspecified atom stereocenters. The largest absolute Gasteiger partial charge is 0.497 e. The van der Waals surface area contributed by atoms with Gasteiger partial charge in [0, 0.05) is 48.3 Å². The average Bonchev–Trinajstić information content (AvgIpc) is 3.08. The first-order chi connectivity index (χ1) is 16.7. The summed E-state index contributed by atoms with van der Waals surface area (Å²) in [4.78, 5) is 22.8. The summed E-state index contributed by atoms with van der Waals surface area (Å²) in [5.41, 5.74) is 5.23. The smallest absolute Gasteiger partial charge is 0.223 e. The number of benzene rings is 3. The van der Waals surface area contributed by atoms with Crippen LogP contribution in [0.25, 0.3) is 0 Å². The van der Waals surface area contributed by atoms with Crippen LogP contribution < -0.4 is 14.4 Å². The fraction of sp³-hybridized carbons (Fsp3) is 0.286. The van der Waals surface area contributed by atoms with E-state index in [4.69, 9.17) is 14.5 Å². The summed E-state index contributed by atoms with van der Waals surface area (Å²) in [6.07, 6.45) is 3.24. The molecule has 0 aromatic heterocycles. The molecule has 0 N–H and O–H groups in total. The maximum Gasteiger partial charge on any atom is 0.223 e.